The molecule has 0 saturated carbocycles. The topological polar surface area (TPSA) is 38.3 Å². The number of hydrogen-bond donors (Lipinski definition) is 1. The van der Waals surface area contributed by atoms with Gasteiger partial charge in [0.2, 0.25) is 0 Å². The van der Waals surface area contributed by atoms with Crippen molar-refractivity contribution in [1.29, 1.82) is 0 Å². The Morgan fingerprint density at radius 1 is 1.44 bits per heavy atom. The SMILES string of the molecule is C#CCNC(=O)COc1ccc(F)c(F)c1. The van der Waals surface area contributed by atoms with Gasteiger partial charge in [0.25, 0.3) is 5.91 Å². The number of carbonyl (C=O) groups excluding carboxylic acids is 1. The molecule has 0 fully saturated rings. The summed E-state index contributed by atoms with van der Waals surface area (Å²) >= 11 is 0. The van der Waals surface area contributed by atoms with Crippen molar-refractivity contribution in [1.82, 2.24) is 5.32 Å². The minimum absolute atomic E-state index is 0.0785. The van der Waals surface area contributed by atoms with Gasteiger partial charge in [0, 0.05) is 6.07 Å². The molecular weight excluding hydrogens is 216 g/mol. The summed E-state index contributed by atoms with van der Waals surface area (Å²) in [6.07, 6.45) is 4.92. The van der Waals surface area contributed by atoms with Crippen molar-refractivity contribution in [2.45, 2.75) is 0 Å². The van der Waals surface area contributed by atoms with Crippen LogP contribution in [0.5, 0.6) is 5.75 Å². The zero-order chi connectivity index (χ0) is 12.0. The minimum atomic E-state index is -1.03. The van der Waals surface area contributed by atoms with Crippen LogP contribution < -0.4 is 10.1 Å². The molecule has 0 aromatic heterocycles. The van der Waals surface area contributed by atoms with E-state index in [1.54, 1.807) is 0 Å². The smallest absolute Gasteiger partial charge is 0.258 e. The standard InChI is InChI=1S/C11H9F2NO2/c1-2-5-14-11(15)7-16-8-3-4-9(12)10(13)6-8/h1,3-4,6H,5,7H2,(H,14,15). The Bertz CT molecular complexity index is 426. The molecule has 0 saturated heterocycles. The Morgan fingerprint density at radius 3 is 2.81 bits per heavy atom. The van der Waals surface area contributed by atoms with Gasteiger partial charge in [0.05, 0.1) is 6.54 Å². The second-order valence-electron chi connectivity index (χ2n) is 2.85. The molecule has 84 valence electrons. The summed E-state index contributed by atoms with van der Waals surface area (Å²) in [5.41, 5.74) is 0. The lowest BCUT2D eigenvalue weighted by atomic mass is 10.3. The van der Waals surface area contributed by atoms with E-state index in [0.717, 1.165) is 12.1 Å². The number of terminal acetylenes is 1. The van der Waals surface area contributed by atoms with E-state index in [-0.39, 0.29) is 18.9 Å². The average molecular weight is 225 g/mol. The lowest BCUT2D eigenvalue weighted by molar-refractivity contribution is -0.122. The molecule has 5 heteroatoms. The van der Waals surface area contributed by atoms with E-state index in [4.69, 9.17) is 11.2 Å². The van der Waals surface area contributed by atoms with Crippen molar-refractivity contribution >= 4 is 5.91 Å². The van der Waals surface area contributed by atoms with Crippen LogP contribution in [0.4, 0.5) is 8.78 Å². The Labute approximate surface area is 91.4 Å². The van der Waals surface area contributed by atoms with Crippen LogP contribution in [-0.2, 0) is 4.79 Å². The highest BCUT2D eigenvalue weighted by molar-refractivity contribution is 5.77. The minimum Gasteiger partial charge on any atom is -0.484 e. The molecule has 1 rings (SSSR count). The van der Waals surface area contributed by atoms with E-state index in [9.17, 15) is 13.6 Å². The van der Waals surface area contributed by atoms with Gasteiger partial charge in [-0.1, -0.05) is 5.92 Å². The molecule has 0 aliphatic rings. The third-order valence-corrected chi connectivity index (χ3v) is 1.65. The Hall–Kier alpha value is -2.09. The molecule has 16 heavy (non-hydrogen) atoms. The third kappa shape index (κ3) is 3.58. The van der Waals surface area contributed by atoms with Crippen molar-refractivity contribution < 1.29 is 18.3 Å². The fourth-order valence-electron chi connectivity index (χ4n) is 0.916. The van der Waals surface area contributed by atoms with Gasteiger partial charge in [-0.25, -0.2) is 8.78 Å². The van der Waals surface area contributed by atoms with E-state index in [1.165, 1.54) is 6.07 Å². The fraction of sp³-hybridized carbons (Fsp3) is 0.182. The molecule has 1 aromatic carbocycles. The van der Waals surface area contributed by atoms with Crippen LogP contribution in [0, 0.1) is 24.0 Å². The van der Waals surface area contributed by atoms with Crippen LogP contribution >= 0.6 is 0 Å². The maximum atomic E-state index is 12.7. The Balaban J connectivity index is 2.46. The van der Waals surface area contributed by atoms with Crippen molar-refractivity contribution in [3.63, 3.8) is 0 Å². The van der Waals surface area contributed by atoms with E-state index in [2.05, 4.69) is 11.2 Å². The monoisotopic (exact) mass is 225 g/mol. The average Bonchev–Trinajstić information content (AvgIpc) is 2.28. The van der Waals surface area contributed by atoms with Crippen LogP contribution in [0.3, 0.4) is 0 Å². The molecule has 0 heterocycles. The highest BCUT2D eigenvalue weighted by Gasteiger charge is 2.05. The second-order valence-corrected chi connectivity index (χ2v) is 2.85. The first-order chi connectivity index (χ1) is 7.63. The summed E-state index contributed by atoms with van der Waals surface area (Å²) in [6.45, 7) is -0.202. The first kappa shape index (κ1) is 12.0. The van der Waals surface area contributed by atoms with Crippen LogP contribution in [0.25, 0.3) is 0 Å². The van der Waals surface area contributed by atoms with Gasteiger partial charge in [-0.05, 0) is 12.1 Å². The molecule has 0 spiro atoms. The van der Waals surface area contributed by atoms with Crippen LogP contribution in [0.1, 0.15) is 0 Å². The van der Waals surface area contributed by atoms with Gasteiger partial charge in [-0.15, -0.1) is 6.42 Å². The predicted octanol–water partition coefficient (Wildman–Crippen LogP) is 1.09. The van der Waals surface area contributed by atoms with Crippen molar-refractivity contribution in [2.75, 3.05) is 13.2 Å². The Morgan fingerprint density at radius 2 is 2.19 bits per heavy atom. The van der Waals surface area contributed by atoms with Gasteiger partial charge in [-0.3, -0.25) is 4.79 Å². The van der Waals surface area contributed by atoms with Crippen LogP contribution in [0.15, 0.2) is 18.2 Å². The molecule has 0 aliphatic carbocycles. The number of ether oxygens (including phenoxy) is 1. The zero-order valence-corrected chi connectivity index (χ0v) is 8.30. The Kier molecular flexibility index (Phi) is 4.28. The third-order valence-electron chi connectivity index (χ3n) is 1.65. The maximum Gasteiger partial charge on any atom is 0.258 e. The molecule has 1 N–H and O–H groups in total. The first-order valence-electron chi connectivity index (χ1n) is 4.41. The van der Waals surface area contributed by atoms with Crippen molar-refractivity contribution in [2.24, 2.45) is 0 Å². The van der Waals surface area contributed by atoms with Crippen molar-refractivity contribution in [3.8, 4) is 18.1 Å². The zero-order valence-electron chi connectivity index (χ0n) is 8.30. The molecule has 3 nitrogen and oxygen atoms in total. The van der Waals surface area contributed by atoms with Gasteiger partial charge in [-0.2, -0.15) is 0 Å². The summed E-state index contributed by atoms with van der Waals surface area (Å²) < 4.78 is 30.2. The van der Waals surface area contributed by atoms with E-state index in [0.29, 0.717) is 0 Å². The normalized spacial score (nSPS) is 9.31. The molecule has 0 bridgehead atoms. The molecule has 1 amide bonds. The maximum absolute atomic E-state index is 12.7. The first-order valence-corrected chi connectivity index (χ1v) is 4.41. The van der Waals surface area contributed by atoms with Gasteiger partial charge < -0.3 is 10.1 Å². The number of benzene rings is 1. The molecule has 0 atom stereocenters. The molecular formula is C11H9F2NO2. The van der Waals surface area contributed by atoms with Gasteiger partial charge >= 0.3 is 0 Å². The van der Waals surface area contributed by atoms with E-state index < -0.39 is 17.5 Å². The highest BCUT2D eigenvalue weighted by Crippen LogP contribution is 2.14. The van der Waals surface area contributed by atoms with Gasteiger partial charge in [0.1, 0.15) is 5.75 Å². The molecule has 0 unspecified atom stereocenters. The summed E-state index contributed by atoms with van der Waals surface area (Å²) in [7, 11) is 0. The van der Waals surface area contributed by atoms with E-state index in [1.807, 2.05) is 0 Å². The highest BCUT2D eigenvalue weighted by atomic mass is 19.2. The predicted molar refractivity (Wildman–Crippen MR) is 53.7 cm³/mol. The number of amides is 1. The van der Waals surface area contributed by atoms with Crippen molar-refractivity contribution in [3.05, 3.63) is 29.8 Å². The number of nitrogens with one attached hydrogen (secondary N) is 1. The number of rotatable bonds is 4. The lowest BCUT2D eigenvalue weighted by Crippen LogP contribution is -2.29. The number of hydrogen-bond acceptors (Lipinski definition) is 2. The second kappa shape index (κ2) is 5.71. The number of halogens is 2. The summed E-state index contributed by atoms with van der Waals surface area (Å²) in [5.74, 6) is -0.128. The molecule has 0 aliphatic heterocycles. The van der Waals surface area contributed by atoms with Gasteiger partial charge in [0.15, 0.2) is 18.2 Å². The summed E-state index contributed by atoms with van der Waals surface area (Å²) in [5, 5.41) is 2.36. The van der Waals surface area contributed by atoms with Crippen LogP contribution in [0.2, 0.25) is 0 Å². The van der Waals surface area contributed by atoms with Crippen LogP contribution in [-0.4, -0.2) is 19.1 Å². The summed E-state index contributed by atoms with van der Waals surface area (Å²) in [6, 6.07) is 3.01. The largest absolute Gasteiger partial charge is 0.484 e. The molecule has 0 radical (unpaired) electrons. The quantitative estimate of drug-likeness (QED) is 0.779. The molecule has 1 aromatic rings. The van der Waals surface area contributed by atoms with E-state index >= 15 is 0 Å². The summed E-state index contributed by atoms with van der Waals surface area (Å²) in [4.78, 5) is 11.0. The fourth-order valence-corrected chi connectivity index (χ4v) is 0.916. The number of carbonyl (C=O) groups is 1. The lowest BCUT2D eigenvalue weighted by Gasteiger charge is -2.05.